The molecule has 2 aromatic rings. The number of benzene rings is 1. The largest absolute Gasteiger partial charge is 0.367 e. The van der Waals surface area contributed by atoms with Gasteiger partial charge in [-0.3, -0.25) is 4.79 Å². The van der Waals surface area contributed by atoms with Crippen molar-refractivity contribution in [2.75, 3.05) is 7.11 Å². The van der Waals surface area contributed by atoms with Crippen molar-refractivity contribution in [3.63, 3.8) is 0 Å². The summed E-state index contributed by atoms with van der Waals surface area (Å²) < 4.78 is 9.79. The molecule has 19 heavy (non-hydrogen) atoms. The summed E-state index contributed by atoms with van der Waals surface area (Å²) in [5.41, 5.74) is 2.07. The molecular weight excluding hydrogens is 246 g/mol. The zero-order valence-corrected chi connectivity index (χ0v) is 10.8. The van der Waals surface area contributed by atoms with Crippen LogP contribution in [-0.2, 0) is 16.1 Å². The van der Waals surface area contributed by atoms with Crippen molar-refractivity contribution in [1.29, 1.82) is 0 Å². The van der Waals surface area contributed by atoms with E-state index in [0.29, 0.717) is 11.4 Å². The third-order valence-corrected chi connectivity index (χ3v) is 2.75. The van der Waals surface area contributed by atoms with Gasteiger partial charge in [0.1, 0.15) is 11.4 Å². The molecule has 100 valence electrons. The van der Waals surface area contributed by atoms with Crippen LogP contribution >= 0.6 is 0 Å². The van der Waals surface area contributed by atoms with E-state index in [9.17, 15) is 4.79 Å². The minimum Gasteiger partial charge on any atom is -0.367 e. The monoisotopic (exact) mass is 261 g/mol. The van der Waals surface area contributed by atoms with Crippen LogP contribution in [0.4, 0.5) is 0 Å². The van der Waals surface area contributed by atoms with Crippen molar-refractivity contribution >= 4 is 5.91 Å². The Bertz CT molecular complexity index is 539. The highest BCUT2D eigenvalue weighted by Gasteiger charge is 2.20. The molecule has 0 unspecified atom stereocenters. The van der Waals surface area contributed by atoms with E-state index in [1.807, 2.05) is 30.3 Å². The van der Waals surface area contributed by atoms with Gasteiger partial charge in [-0.15, -0.1) is 0 Å². The molecular formula is C13H15N3O3. The zero-order valence-electron chi connectivity index (χ0n) is 10.8. The molecule has 6 nitrogen and oxygen atoms in total. The summed E-state index contributed by atoms with van der Waals surface area (Å²) in [7, 11) is 1.50. The summed E-state index contributed by atoms with van der Waals surface area (Å²) in [6.07, 6.45) is -0.638. The number of methoxy groups -OCH3 is 1. The van der Waals surface area contributed by atoms with Gasteiger partial charge in [-0.2, -0.15) is 0 Å². The maximum Gasteiger partial charge on any atom is 0.254 e. The minimum atomic E-state index is -0.638. The Balaban J connectivity index is 2.00. The van der Waals surface area contributed by atoms with Crippen LogP contribution < -0.4 is 5.32 Å². The number of hydrogen-bond acceptors (Lipinski definition) is 5. The predicted molar refractivity (Wildman–Crippen MR) is 67.1 cm³/mol. The van der Waals surface area contributed by atoms with E-state index in [4.69, 9.17) is 4.74 Å². The number of hydrogen-bond donors (Lipinski definition) is 1. The van der Waals surface area contributed by atoms with E-state index in [1.54, 1.807) is 6.92 Å². The number of ether oxygens (including phenoxy) is 1. The van der Waals surface area contributed by atoms with E-state index in [1.165, 1.54) is 7.11 Å². The summed E-state index contributed by atoms with van der Waals surface area (Å²) in [5, 5.41) is 10.1. The molecule has 1 N–H and O–H groups in total. The molecule has 1 aromatic heterocycles. The fourth-order valence-electron chi connectivity index (χ4n) is 1.70. The van der Waals surface area contributed by atoms with E-state index >= 15 is 0 Å². The molecule has 0 spiro atoms. The smallest absolute Gasteiger partial charge is 0.254 e. The quantitative estimate of drug-likeness (QED) is 0.879. The molecule has 0 saturated carbocycles. The molecule has 6 heteroatoms. The van der Waals surface area contributed by atoms with Crippen LogP contribution in [0.2, 0.25) is 0 Å². The van der Waals surface area contributed by atoms with Crippen LogP contribution in [0.3, 0.4) is 0 Å². The molecule has 0 aliphatic carbocycles. The third kappa shape index (κ3) is 3.17. The second-order valence-corrected chi connectivity index (χ2v) is 4.04. The van der Waals surface area contributed by atoms with Gasteiger partial charge in [-0.25, -0.2) is 4.63 Å². The SMILES string of the molecule is CO[C@H](C(=O)NCc1nonc1C)c1ccccc1. The predicted octanol–water partition coefficient (Wildman–Crippen LogP) is 1.38. The summed E-state index contributed by atoms with van der Waals surface area (Å²) in [4.78, 5) is 12.1. The topological polar surface area (TPSA) is 77.2 Å². The lowest BCUT2D eigenvalue weighted by molar-refractivity contribution is -0.131. The van der Waals surface area contributed by atoms with Crippen LogP contribution in [0.15, 0.2) is 35.0 Å². The summed E-state index contributed by atoms with van der Waals surface area (Å²) >= 11 is 0. The van der Waals surface area contributed by atoms with Crippen molar-refractivity contribution in [2.24, 2.45) is 0 Å². The van der Waals surface area contributed by atoms with E-state index in [-0.39, 0.29) is 12.5 Å². The standard InChI is InChI=1S/C13H15N3O3/c1-9-11(16-19-15-9)8-14-13(17)12(18-2)10-6-4-3-5-7-10/h3-7,12H,8H2,1-2H3,(H,14,17)/t12-/m0/s1. The first-order chi connectivity index (χ1) is 9.22. The highest BCUT2D eigenvalue weighted by molar-refractivity contribution is 5.82. The molecule has 1 aromatic carbocycles. The number of amides is 1. The molecule has 1 amide bonds. The van der Waals surface area contributed by atoms with Gasteiger partial charge in [-0.1, -0.05) is 40.6 Å². The molecule has 0 radical (unpaired) electrons. The maximum atomic E-state index is 12.1. The Morgan fingerprint density at radius 3 is 2.68 bits per heavy atom. The molecule has 0 saturated heterocycles. The first-order valence-electron chi connectivity index (χ1n) is 5.86. The number of rotatable bonds is 5. The average Bonchev–Trinajstić information content (AvgIpc) is 2.84. The van der Waals surface area contributed by atoms with Crippen molar-refractivity contribution < 1.29 is 14.2 Å². The zero-order chi connectivity index (χ0) is 13.7. The van der Waals surface area contributed by atoms with Crippen LogP contribution in [-0.4, -0.2) is 23.3 Å². The van der Waals surface area contributed by atoms with Gasteiger partial charge < -0.3 is 10.1 Å². The molecule has 1 atom stereocenters. The Morgan fingerprint density at radius 1 is 1.37 bits per heavy atom. The highest BCUT2D eigenvalue weighted by Crippen LogP contribution is 2.16. The number of carbonyl (C=O) groups is 1. The first kappa shape index (κ1) is 13.2. The van der Waals surface area contributed by atoms with Crippen molar-refractivity contribution in [2.45, 2.75) is 19.6 Å². The van der Waals surface area contributed by atoms with Gasteiger partial charge in [0.2, 0.25) is 0 Å². The minimum absolute atomic E-state index is 0.226. The number of aryl methyl sites for hydroxylation is 1. The van der Waals surface area contributed by atoms with Crippen molar-refractivity contribution in [3.05, 3.63) is 47.3 Å². The molecule has 2 rings (SSSR count). The third-order valence-electron chi connectivity index (χ3n) is 2.75. The number of aromatic nitrogens is 2. The van der Waals surface area contributed by atoms with Gasteiger partial charge in [0.05, 0.1) is 6.54 Å². The first-order valence-corrected chi connectivity index (χ1v) is 5.86. The van der Waals surface area contributed by atoms with Gasteiger partial charge >= 0.3 is 0 Å². The second-order valence-electron chi connectivity index (χ2n) is 4.04. The number of nitrogens with zero attached hydrogens (tertiary/aromatic N) is 2. The summed E-state index contributed by atoms with van der Waals surface area (Å²) in [6.45, 7) is 2.03. The van der Waals surface area contributed by atoms with Gasteiger partial charge in [0.15, 0.2) is 6.10 Å². The second kappa shape index (κ2) is 6.10. The van der Waals surface area contributed by atoms with Gasteiger partial charge in [-0.05, 0) is 12.5 Å². The lowest BCUT2D eigenvalue weighted by Gasteiger charge is -2.15. The Labute approximate surface area is 110 Å². The van der Waals surface area contributed by atoms with Gasteiger partial charge in [0, 0.05) is 7.11 Å². The van der Waals surface area contributed by atoms with Crippen molar-refractivity contribution in [1.82, 2.24) is 15.6 Å². The normalized spacial score (nSPS) is 12.1. The summed E-state index contributed by atoms with van der Waals surface area (Å²) in [5.74, 6) is -0.226. The van der Waals surface area contributed by atoms with Crippen LogP contribution in [0.25, 0.3) is 0 Å². The Hall–Kier alpha value is -2.21. The van der Waals surface area contributed by atoms with E-state index < -0.39 is 6.10 Å². The van der Waals surface area contributed by atoms with Crippen molar-refractivity contribution in [3.8, 4) is 0 Å². The molecule has 1 heterocycles. The maximum absolute atomic E-state index is 12.1. The summed E-state index contributed by atoms with van der Waals surface area (Å²) in [6, 6.07) is 9.30. The molecule has 0 bridgehead atoms. The Morgan fingerprint density at radius 2 is 2.11 bits per heavy atom. The molecule has 0 aliphatic heterocycles. The fraction of sp³-hybridized carbons (Fsp3) is 0.308. The highest BCUT2D eigenvalue weighted by atomic mass is 16.6. The number of carbonyl (C=O) groups excluding carboxylic acids is 1. The van der Waals surface area contributed by atoms with Gasteiger partial charge in [0.25, 0.3) is 5.91 Å². The van der Waals surface area contributed by atoms with E-state index in [2.05, 4.69) is 20.3 Å². The fourth-order valence-corrected chi connectivity index (χ4v) is 1.70. The van der Waals surface area contributed by atoms with Crippen LogP contribution in [0, 0.1) is 6.92 Å². The Kier molecular flexibility index (Phi) is 4.25. The lowest BCUT2D eigenvalue weighted by Crippen LogP contribution is -2.30. The van der Waals surface area contributed by atoms with E-state index in [0.717, 1.165) is 5.56 Å². The van der Waals surface area contributed by atoms with Crippen LogP contribution in [0.1, 0.15) is 23.1 Å². The lowest BCUT2D eigenvalue weighted by atomic mass is 10.1. The average molecular weight is 261 g/mol. The number of nitrogens with one attached hydrogen (secondary N) is 1. The van der Waals surface area contributed by atoms with Crippen LogP contribution in [0.5, 0.6) is 0 Å². The molecule has 0 fully saturated rings. The molecule has 0 aliphatic rings.